The van der Waals surface area contributed by atoms with Gasteiger partial charge in [0.05, 0.1) is 85.5 Å². The molecule has 2 saturated heterocycles. The van der Waals surface area contributed by atoms with Crippen molar-refractivity contribution in [2.75, 3.05) is 71.3 Å². The minimum Gasteiger partial charge on any atom is -0.384 e. The van der Waals surface area contributed by atoms with E-state index in [9.17, 15) is 4.79 Å². The van der Waals surface area contributed by atoms with E-state index in [1.165, 1.54) is 11.1 Å². The van der Waals surface area contributed by atoms with Gasteiger partial charge in [-0.1, -0.05) is 24.3 Å². The summed E-state index contributed by atoms with van der Waals surface area (Å²) in [6.45, 7) is 4.19. The van der Waals surface area contributed by atoms with E-state index >= 15 is 0 Å². The monoisotopic (exact) mass is 682 g/mol. The number of hydrogen-bond acceptors (Lipinski definition) is 7. The minimum atomic E-state index is -1.45. The van der Waals surface area contributed by atoms with Crippen molar-refractivity contribution in [2.45, 2.75) is 71.0 Å². The lowest BCUT2D eigenvalue weighted by Crippen LogP contribution is -2.77. The predicted molar refractivity (Wildman–Crippen MR) is 223 cm³/mol. The second-order valence-electron chi connectivity index (χ2n) is 16.3. The lowest BCUT2D eigenvalue weighted by molar-refractivity contribution is 0.0971. The van der Waals surface area contributed by atoms with Gasteiger partial charge in [0.25, 0.3) is 0 Å². The van der Waals surface area contributed by atoms with Crippen LogP contribution in [0.15, 0.2) is 60.7 Å². The number of anilines is 5. The Kier molecular flexibility index (Phi) is 7.98. The van der Waals surface area contributed by atoms with Crippen LogP contribution >= 0.6 is 0 Å². The maximum Gasteiger partial charge on any atom is 0.162 e. The normalized spacial score (nSPS) is 28.2. The third-order valence-corrected chi connectivity index (χ3v) is 13.6. The molecule has 7 nitrogen and oxygen atoms in total. The van der Waals surface area contributed by atoms with Gasteiger partial charge < -0.3 is 29.4 Å². The first-order valence-electron chi connectivity index (χ1n) is 18.8. The average molecular weight is 681 g/mol. The van der Waals surface area contributed by atoms with E-state index in [0.717, 1.165) is 86.0 Å². The molecule has 16 radical (unpaired) electrons. The van der Waals surface area contributed by atoms with Gasteiger partial charge in [0.2, 0.25) is 0 Å². The van der Waals surface area contributed by atoms with Crippen LogP contribution in [0, 0.1) is 0 Å². The Balaban J connectivity index is 0.832. The number of likely N-dealkylation sites (N-methyl/N-ethyl adjacent to an activating group) is 2. The van der Waals surface area contributed by atoms with Gasteiger partial charge >= 0.3 is 0 Å². The lowest BCUT2D eigenvalue weighted by Gasteiger charge is -2.63. The van der Waals surface area contributed by atoms with Crippen LogP contribution in [0.1, 0.15) is 59.0 Å². The van der Waals surface area contributed by atoms with Crippen molar-refractivity contribution in [3.63, 3.8) is 0 Å². The molecule has 6 aliphatic rings. The van der Waals surface area contributed by atoms with Crippen molar-refractivity contribution in [3.05, 3.63) is 77.4 Å². The molecule has 0 saturated carbocycles. The number of piperidine rings is 2. The molecule has 0 N–H and O–H groups in total. The summed E-state index contributed by atoms with van der Waals surface area (Å²) in [5.74, 6) is 0.558. The highest BCUT2D eigenvalue weighted by molar-refractivity contribution is 6.58. The maximum atomic E-state index is 13.4. The molecule has 4 atom stereocenters. The fraction of sp³-hybridized carbons (Fsp3) is 0.500. The van der Waals surface area contributed by atoms with Gasteiger partial charge in [-0.25, -0.2) is 0 Å². The molecule has 0 amide bonds. The molecule has 15 heteroatoms. The lowest BCUT2D eigenvalue weighted by atomic mass is 9.36. The Hall–Kier alpha value is -3.19. The first-order valence-corrected chi connectivity index (χ1v) is 18.8. The second-order valence-corrected chi connectivity index (χ2v) is 16.3. The van der Waals surface area contributed by atoms with Crippen LogP contribution in [0.2, 0.25) is 0 Å². The highest BCUT2D eigenvalue weighted by Gasteiger charge is 2.57. The molecule has 53 heavy (non-hydrogen) atoms. The van der Waals surface area contributed by atoms with Crippen molar-refractivity contribution in [2.24, 2.45) is 0 Å². The predicted octanol–water partition coefficient (Wildman–Crippen LogP) is 1.37. The van der Waals surface area contributed by atoms with Crippen LogP contribution in [0.3, 0.4) is 0 Å². The third kappa shape index (κ3) is 4.83. The SMILES string of the molecule is [B]C1([B])N(C)c2cccc3c2N([C@H]2CCN(CCCC(=O)c4ccc(N5CC[C@H]6[C@@H](C5)c5cccc7c5N6C([B])([B])C([B])([B])N7C)cc4)C[C@@H]32)C1([B])[B]. The number of rotatable bonds is 6. The minimum absolute atomic E-state index is 0.0817. The summed E-state index contributed by atoms with van der Waals surface area (Å²) >= 11 is 0. The number of nitrogens with zero attached hydrogens (tertiary/aromatic N) is 6. The van der Waals surface area contributed by atoms with Gasteiger partial charge in [0.1, 0.15) is 0 Å². The number of ketones is 1. The Morgan fingerprint density at radius 2 is 1.17 bits per heavy atom. The van der Waals surface area contributed by atoms with Crippen LogP contribution in [-0.2, 0) is 0 Å². The number of para-hydroxylation sites is 2. The Labute approximate surface area is 325 Å². The summed E-state index contributed by atoms with van der Waals surface area (Å²) in [4.78, 5) is 26.0. The highest BCUT2D eigenvalue weighted by atomic mass is 16.1. The topological polar surface area (TPSA) is 36.5 Å². The molecule has 6 aliphatic heterocycles. The summed E-state index contributed by atoms with van der Waals surface area (Å²) in [6, 6.07) is 20.8. The fourth-order valence-corrected chi connectivity index (χ4v) is 10.4. The van der Waals surface area contributed by atoms with E-state index in [2.05, 4.69) is 56.0 Å². The number of fused-ring (bicyclic) bond motifs is 6. The molecule has 0 unspecified atom stereocenters. The highest BCUT2D eigenvalue weighted by Crippen LogP contribution is 2.57. The van der Waals surface area contributed by atoms with E-state index in [0.29, 0.717) is 6.42 Å². The molecule has 3 aromatic rings. The van der Waals surface area contributed by atoms with E-state index in [4.69, 9.17) is 62.8 Å². The number of Topliss-reactive ketones (excluding diaryl/α,β-unsaturated/α-hetero) is 1. The second kappa shape index (κ2) is 11.9. The van der Waals surface area contributed by atoms with Gasteiger partial charge in [0.15, 0.2) is 5.78 Å². The molecule has 0 aromatic heterocycles. The van der Waals surface area contributed by atoms with Gasteiger partial charge in [-0.2, -0.15) is 0 Å². The van der Waals surface area contributed by atoms with Crippen LogP contribution in [0.4, 0.5) is 28.4 Å². The average Bonchev–Trinajstić information content (AvgIpc) is 3.66. The molecule has 3 aromatic carbocycles. The molecule has 0 aliphatic carbocycles. The zero-order valence-corrected chi connectivity index (χ0v) is 30.7. The first kappa shape index (κ1) is 35.5. The molecule has 6 heterocycles. The number of carbonyl (C=O) groups is 1. The molecule has 2 fully saturated rings. The smallest absolute Gasteiger partial charge is 0.162 e. The summed E-state index contributed by atoms with van der Waals surface area (Å²) in [7, 11) is 56.9. The number of carbonyl (C=O) groups excluding carboxylic acids is 1. The van der Waals surface area contributed by atoms with Crippen molar-refractivity contribution >= 4 is 97.0 Å². The van der Waals surface area contributed by atoms with Crippen LogP contribution in [-0.4, -0.2) is 154 Å². The number of hydrogen-bond donors (Lipinski definition) is 0. The van der Waals surface area contributed by atoms with Crippen LogP contribution in [0.5, 0.6) is 0 Å². The molecule has 250 valence electrons. The van der Waals surface area contributed by atoms with Crippen molar-refractivity contribution in [1.29, 1.82) is 0 Å². The van der Waals surface area contributed by atoms with Crippen LogP contribution < -0.4 is 24.5 Å². The van der Waals surface area contributed by atoms with Gasteiger partial charge in [-0.3, -0.25) is 4.79 Å². The number of likely N-dealkylation sites (tertiary alicyclic amines) is 1. The van der Waals surface area contributed by atoms with Crippen LogP contribution in [0.25, 0.3) is 0 Å². The maximum absolute atomic E-state index is 13.4. The van der Waals surface area contributed by atoms with E-state index in [-0.39, 0.29) is 29.7 Å². The summed E-state index contributed by atoms with van der Waals surface area (Å²) < 4.78 is 0. The zero-order valence-electron chi connectivity index (χ0n) is 30.7. The van der Waals surface area contributed by atoms with Gasteiger partial charge in [0, 0.05) is 81.9 Å². The van der Waals surface area contributed by atoms with Crippen molar-refractivity contribution in [3.8, 4) is 0 Å². The van der Waals surface area contributed by atoms with E-state index in [1.807, 2.05) is 38.4 Å². The van der Waals surface area contributed by atoms with Gasteiger partial charge in [-0.05, 0) is 94.7 Å². The zero-order chi connectivity index (χ0) is 37.4. The molecular formula is C38H38B8N6O. The van der Waals surface area contributed by atoms with E-state index < -0.39 is 21.4 Å². The van der Waals surface area contributed by atoms with Gasteiger partial charge in [-0.15, -0.1) is 0 Å². The third-order valence-electron chi connectivity index (χ3n) is 13.6. The quantitative estimate of drug-likeness (QED) is 0.288. The summed E-state index contributed by atoms with van der Waals surface area (Å²) in [6.07, 6.45) is 2.99. The molecular weight excluding hydrogens is 643 g/mol. The Morgan fingerprint density at radius 1 is 0.660 bits per heavy atom. The molecule has 9 rings (SSSR count). The number of benzene rings is 3. The first-order chi connectivity index (χ1) is 25.1. The summed E-state index contributed by atoms with van der Waals surface area (Å²) in [5.41, 5.74) is 8.22. The van der Waals surface area contributed by atoms with E-state index in [1.54, 1.807) is 9.80 Å². The fourth-order valence-electron chi connectivity index (χ4n) is 10.4. The largest absolute Gasteiger partial charge is 0.384 e. The molecule has 0 spiro atoms. The molecule has 0 bridgehead atoms. The van der Waals surface area contributed by atoms with Crippen molar-refractivity contribution < 1.29 is 4.79 Å². The Morgan fingerprint density at radius 3 is 1.72 bits per heavy atom. The standard InChI is InChI=1S/C38H38B8N6O/c1-47-30-8-3-6-24-26-20-49(18-15-28(26)51(33(24)30)37(43,44)35(47,39)40)17-5-10-32(53)22-11-13-23(14-12-22)50-19-16-29-27(21-50)25-7-4-9-31-34(25)52(29)38(45,46)36(41,42)48(31)2/h3-4,6-9,11-14,26-29H,5,10,15-21H2,1-2H3/t26-,27-,28-,29-/m0/s1. The Bertz CT molecular complexity index is 1980. The summed E-state index contributed by atoms with van der Waals surface area (Å²) in [5, 5.41) is -5.78. The van der Waals surface area contributed by atoms with Crippen molar-refractivity contribution in [1.82, 2.24) is 4.90 Å².